The maximum atomic E-state index is 12.9. The summed E-state index contributed by atoms with van der Waals surface area (Å²) in [5.41, 5.74) is 1.85. The van der Waals surface area contributed by atoms with Gasteiger partial charge in [-0.3, -0.25) is 9.10 Å². The van der Waals surface area contributed by atoms with E-state index in [4.69, 9.17) is 0 Å². The number of sulfonamides is 1. The van der Waals surface area contributed by atoms with E-state index in [2.05, 4.69) is 5.32 Å². The van der Waals surface area contributed by atoms with E-state index in [1.54, 1.807) is 12.1 Å². The molecule has 2 aromatic rings. The highest BCUT2D eigenvalue weighted by Crippen LogP contribution is 2.22. The molecular weight excluding hydrogens is 343 g/mol. The molecule has 2 rings (SSSR count). The lowest BCUT2D eigenvalue weighted by Crippen LogP contribution is -2.38. The van der Waals surface area contributed by atoms with E-state index < -0.39 is 15.8 Å². The Labute approximate surface area is 147 Å². The molecule has 134 valence electrons. The zero-order chi connectivity index (χ0) is 18.4. The van der Waals surface area contributed by atoms with Gasteiger partial charge in [0.15, 0.2) is 0 Å². The number of hydrogen-bond donors (Lipinski definition) is 1. The molecular formula is C18H21FN2O3S. The molecule has 0 saturated carbocycles. The molecule has 0 saturated heterocycles. The summed E-state index contributed by atoms with van der Waals surface area (Å²) < 4.78 is 38.5. The van der Waals surface area contributed by atoms with Gasteiger partial charge in [-0.1, -0.05) is 25.1 Å². The molecule has 0 heterocycles. The normalized spacial score (nSPS) is 11.2. The largest absolute Gasteiger partial charge is 0.350 e. The molecule has 0 spiro atoms. The second kappa shape index (κ2) is 8.11. The highest BCUT2D eigenvalue weighted by Gasteiger charge is 2.19. The van der Waals surface area contributed by atoms with E-state index in [0.717, 1.165) is 11.8 Å². The summed E-state index contributed by atoms with van der Waals surface area (Å²) in [4.78, 5) is 12.0. The molecule has 1 amide bonds. The van der Waals surface area contributed by atoms with E-state index >= 15 is 0 Å². The number of anilines is 1. The van der Waals surface area contributed by atoms with Gasteiger partial charge in [-0.25, -0.2) is 12.8 Å². The highest BCUT2D eigenvalue weighted by atomic mass is 32.2. The maximum Gasteiger partial charge on any atom is 0.251 e. The third-order valence-corrected chi connectivity index (χ3v) is 4.93. The molecule has 25 heavy (non-hydrogen) atoms. The van der Waals surface area contributed by atoms with Gasteiger partial charge in [0.1, 0.15) is 5.82 Å². The fourth-order valence-corrected chi connectivity index (χ4v) is 3.45. The molecule has 5 nitrogen and oxygen atoms in total. The number of amides is 1. The van der Waals surface area contributed by atoms with E-state index in [0.29, 0.717) is 17.7 Å². The fourth-order valence-electron chi connectivity index (χ4n) is 2.49. The topological polar surface area (TPSA) is 66.5 Å². The zero-order valence-electron chi connectivity index (χ0n) is 14.2. The van der Waals surface area contributed by atoms with E-state index in [9.17, 15) is 17.6 Å². The molecule has 1 N–H and O–H groups in total. The molecule has 0 radical (unpaired) electrons. The van der Waals surface area contributed by atoms with Crippen molar-refractivity contribution in [2.45, 2.75) is 13.3 Å². The second-order valence-electron chi connectivity index (χ2n) is 5.58. The maximum absolute atomic E-state index is 12.9. The molecule has 0 bridgehead atoms. The summed E-state index contributed by atoms with van der Waals surface area (Å²) in [5, 5.41) is 2.66. The van der Waals surface area contributed by atoms with E-state index in [1.165, 1.54) is 28.6 Å². The average molecular weight is 364 g/mol. The van der Waals surface area contributed by atoms with Gasteiger partial charge in [-0.2, -0.15) is 0 Å². The van der Waals surface area contributed by atoms with Crippen molar-refractivity contribution >= 4 is 21.6 Å². The molecule has 0 aliphatic rings. The first-order valence-corrected chi connectivity index (χ1v) is 9.77. The number of benzene rings is 2. The van der Waals surface area contributed by atoms with Crippen molar-refractivity contribution in [2.24, 2.45) is 0 Å². The van der Waals surface area contributed by atoms with Gasteiger partial charge in [0.05, 0.1) is 18.5 Å². The number of aryl methyl sites for hydroxylation is 1. The number of nitrogens with one attached hydrogen (secondary N) is 1. The molecule has 0 aliphatic heterocycles. The Morgan fingerprint density at radius 3 is 2.36 bits per heavy atom. The first-order valence-electron chi connectivity index (χ1n) is 7.92. The van der Waals surface area contributed by atoms with Crippen LogP contribution in [0.4, 0.5) is 10.1 Å². The average Bonchev–Trinajstić information content (AvgIpc) is 2.58. The van der Waals surface area contributed by atoms with Gasteiger partial charge < -0.3 is 5.32 Å². The molecule has 0 atom stereocenters. The third kappa shape index (κ3) is 5.03. The first-order chi connectivity index (χ1) is 11.8. The third-order valence-electron chi connectivity index (χ3n) is 3.75. The molecule has 7 heteroatoms. The van der Waals surface area contributed by atoms with Crippen molar-refractivity contribution in [3.8, 4) is 0 Å². The van der Waals surface area contributed by atoms with Crippen LogP contribution < -0.4 is 9.62 Å². The molecule has 0 unspecified atom stereocenters. The monoisotopic (exact) mass is 364 g/mol. The van der Waals surface area contributed by atoms with Crippen LogP contribution in [0.5, 0.6) is 0 Å². The lowest BCUT2D eigenvalue weighted by atomic mass is 10.1. The minimum Gasteiger partial charge on any atom is -0.350 e. The van der Waals surface area contributed by atoms with Crippen LogP contribution in [0.2, 0.25) is 0 Å². The Morgan fingerprint density at radius 1 is 1.12 bits per heavy atom. The summed E-state index contributed by atoms with van der Waals surface area (Å²) in [6, 6.07) is 12.4. The Bertz CT molecular complexity index is 836. The number of carbonyl (C=O) groups is 1. The minimum atomic E-state index is -3.49. The summed E-state index contributed by atoms with van der Waals surface area (Å²) in [7, 11) is -3.49. The number of hydrogen-bond acceptors (Lipinski definition) is 3. The van der Waals surface area contributed by atoms with Crippen LogP contribution in [0.1, 0.15) is 22.8 Å². The summed E-state index contributed by atoms with van der Waals surface area (Å²) in [6.45, 7) is 2.21. The van der Waals surface area contributed by atoms with Crippen LogP contribution in [0, 0.1) is 5.82 Å². The van der Waals surface area contributed by atoms with Crippen molar-refractivity contribution < 1.29 is 17.6 Å². The van der Waals surface area contributed by atoms with Crippen LogP contribution in [-0.4, -0.2) is 33.7 Å². The van der Waals surface area contributed by atoms with Crippen molar-refractivity contribution in [2.75, 3.05) is 23.7 Å². The van der Waals surface area contributed by atoms with Crippen molar-refractivity contribution in [3.05, 3.63) is 65.5 Å². The number of carbonyl (C=O) groups excluding carboxylic acids is 1. The predicted molar refractivity (Wildman–Crippen MR) is 96.7 cm³/mol. The van der Waals surface area contributed by atoms with Gasteiger partial charge in [0.25, 0.3) is 5.91 Å². The van der Waals surface area contributed by atoms with Crippen LogP contribution in [0.15, 0.2) is 48.5 Å². The molecule has 0 aromatic heterocycles. The van der Waals surface area contributed by atoms with Gasteiger partial charge in [0, 0.05) is 12.1 Å². The zero-order valence-corrected chi connectivity index (χ0v) is 15.0. The summed E-state index contributed by atoms with van der Waals surface area (Å²) in [6.07, 6.45) is 1.84. The Balaban J connectivity index is 2.09. The van der Waals surface area contributed by atoms with Crippen LogP contribution in [0.25, 0.3) is 0 Å². The van der Waals surface area contributed by atoms with Gasteiger partial charge in [-0.05, 0) is 42.3 Å². The Hall–Kier alpha value is -2.41. The SMILES string of the molecule is CCc1ccccc1N(CCNC(=O)c1ccc(F)cc1)S(C)(=O)=O. The molecule has 2 aromatic carbocycles. The second-order valence-corrected chi connectivity index (χ2v) is 7.49. The standard InChI is InChI=1S/C18H21FN2O3S/c1-3-14-6-4-5-7-17(14)21(25(2,23)24)13-12-20-18(22)15-8-10-16(19)11-9-15/h4-11H,3,12-13H2,1-2H3,(H,20,22). The van der Waals surface area contributed by atoms with Crippen molar-refractivity contribution in [1.29, 1.82) is 0 Å². The van der Waals surface area contributed by atoms with Crippen LogP contribution >= 0.6 is 0 Å². The van der Waals surface area contributed by atoms with E-state index in [1.807, 2.05) is 19.1 Å². The Morgan fingerprint density at radius 2 is 1.76 bits per heavy atom. The van der Waals surface area contributed by atoms with Crippen LogP contribution in [-0.2, 0) is 16.4 Å². The lowest BCUT2D eigenvalue weighted by Gasteiger charge is -2.24. The van der Waals surface area contributed by atoms with Gasteiger partial charge in [0.2, 0.25) is 10.0 Å². The summed E-state index contributed by atoms with van der Waals surface area (Å²) in [5.74, 6) is -0.798. The predicted octanol–water partition coefficient (Wildman–Crippen LogP) is 2.58. The minimum absolute atomic E-state index is 0.114. The van der Waals surface area contributed by atoms with Crippen molar-refractivity contribution in [3.63, 3.8) is 0 Å². The Kier molecular flexibility index (Phi) is 6.14. The number of para-hydroxylation sites is 1. The quantitative estimate of drug-likeness (QED) is 0.821. The first kappa shape index (κ1) is 18.9. The molecule has 0 fully saturated rings. The summed E-state index contributed by atoms with van der Waals surface area (Å²) >= 11 is 0. The fraction of sp³-hybridized carbons (Fsp3) is 0.278. The highest BCUT2D eigenvalue weighted by molar-refractivity contribution is 7.92. The van der Waals surface area contributed by atoms with Crippen LogP contribution in [0.3, 0.4) is 0 Å². The lowest BCUT2D eigenvalue weighted by molar-refractivity contribution is 0.0955. The van der Waals surface area contributed by atoms with Gasteiger partial charge in [-0.15, -0.1) is 0 Å². The van der Waals surface area contributed by atoms with Gasteiger partial charge >= 0.3 is 0 Å². The number of nitrogens with zero attached hydrogens (tertiary/aromatic N) is 1. The number of halogens is 1. The van der Waals surface area contributed by atoms with E-state index in [-0.39, 0.29) is 19.0 Å². The van der Waals surface area contributed by atoms with Crippen molar-refractivity contribution in [1.82, 2.24) is 5.32 Å². The number of rotatable bonds is 7. The smallest absolute Gasteiger partial charge is 0.251 e. The molecule has 0 aliphatic carbocycles.